The summed E-state index contributed by atoms with van der Waals surface area (Å²) in [7, 11) is 0. The topological polar surface area (TPSA) is 61.4 Å². The second-order valence-corrected chi connectivity index (χ2v) is 5.33. The number of hydrogen-bond acceptors (Lipinski definition) is 3. The van der Waals surface area contributed by atoms with Gasteiger partial charge in [-0.15, -0.1) is 0 Å². The van der Waals surface area contributed by atoms with Crippen molar-refractivity contribution in [2.24, 2.45) is 11.8 Å². The fraction of sp³-hybridized carbons (Fsp3) is 0.923. The first kappa shape index (κ1) is 14.5. The molecule has 0 aromatic carbocycles. The summed E-state index contributed by atoms with van der Waals surface area (Å²) in [6, 6.07) is 0.106. The van der Waals surface area contributed by atoms with Crippen LogP contribution in [-0.4, -0.2) is 36.8 Å². The van der Waals surface area contributed by atoms with Crippen molar-refractivity contribution in [1.82, 2.24) is 10.6 Å². The van der Waals surface area contributed by atoms with Crippen LogP contribution in [-0.2, 0) is 4.79 Å². The highest BCUT2D eigenvalue weighted by Crippen LogP contribution is 2.14. The number of nitrogens with one attached hydrogen (secondary N) is 2. The largest absolute Gasteiger partial charge is 0.396 e. The van der Waals surface area contributed by atoms with E-state index in [0.29, 0.717) is 24.7 Å². The Morgan fingerprint density at radius 1 is 1.53 bits per heavy atom. The number of carbonyl (C=O) groups is 1. The molecule has 3 N–H and O–H groups in total. The van der Waals surface area contributed by atoms with E-state index in [-0.39, 0.29) is 18.6 Å². The van der Waals surface area contributed by atoms with Crippen molar-refractivity contribution in [1.29, 1.82) is 0 Å². The molecule has 0 aromatic heterocycles. The molecular weight excluding hydrogens is 216 g/mol. The molecule has 100 valence electrons. The van der Waals surface area contributed by atoms with Gasteiger partial charge in [-0.05, 0) is 44.2 Å². The first-order valence-corrected chi connectivity index (χ1v) is 6.74. The maximum Gasteiger partial charge on any atom is 0.220 e. The van der Waals surface area contributed by atoms with Crippen molar-refractivity contribution in [2.75, 3.05) is 19.7 Å². The second kappa shape index (κ2) is 7.67. The monoisotopic (exact) mass is 242 g/mol. The maximum atomic E-state index is 11.8. The predicted octanol–water partition coefficient (Wildman–Crippen LogP) is 0.899. The fourth-order valence-electron chi connectivity index (χ4n) is 2.29. The standard InChI is InChI=1S/C13H26N2O2/c1-10(2)12(6-8-16)15-13(17)4-3-11-5-7-14-9-11/h10-12,14,16H,3-9H2,1-2H3,(H,15,17). The van der Waals surface area contributed by atoms with E-state index in [1.54, 1.807) is 0 Å². The summed E-state index contributed by atoms with van der Waals surface area (Å²) in [6.45, 7) is 6.42. The molecule has 0 bridgehead atoms. The molecule has 1 heterocycles. The van der Waals surface area contributed by atoms with Crippen molar-refractivity contribution in [3.8, 4) is 0 Å². The zero-order valence-electron chi connectivity index (χ0n) is 11.0. The molecule has 1 aliphatic rings. The zero-order valence-corrected chi connectivity index (χ0v) is 11.0. The van der Waals surface area contributed by atoms with Crippen molar-refractivity contribution in [2.45, 2.75) is 45.6 Å². The molecule has 0 radical (unpaired) electrons. The number of carbonyl (C=O) groups excluding carboxylic acids is 1. The Morgan fingerprint density at radius 2 is 2.29 bits per heavy atom. The first-order valence-electron chi connectivity index (χ1n) is 6.74. The highest BCUT2D eigenvalue weighted by Gasteiger charge is 2.18. The van der Waals surface area contributed by atoms with E-state index in [2.05, 4.69) is 24.5 Å². The number of rotatable bonds is 7. The molecular formula is C13H26N2O2. The van der Waals surface area contributed by atoms with Crippen LogP contribution in [0.5, 0.6) is 0 Å². The van der Waals surface area contributed by atoms with E-state index in [1.165, 1.54) is 6.42 Å². The Labute approximate surface area is 104 Å². The smallest absolute Gasteiger partial charge is 0.220 e. The lowest BCUT2D eigenvalue weighted by molar-refractivity contribution is -0.122. The molecule has 4 heteroatoms. The lowest BCUT2D eigenvalue weighted by atomic mass is 9.99. The minimum Gasteiger partial charge on any atom is -0.396 e. The van der Waals surface area contributed by atoms with Crippen LogP contribution in [0.25, 0.3) is 0 Å². The summed E-state index contributed by atoms with van der Waals surface area (Å²) in [5.41, 5.74) is 0. The van der Waals surface area contributed by atoms with Gasteiger partial charge in [0, 0.05) is 19.1 Å². The molecule has 1 saturated heterocycles. The molecule has 17 heavy (non-hydrogen) atoms. The minimum atomic E-state index is 0.106. The minimum absolute atomic E-state index is 0.106. The van der Waals surface area contributed by atoms with E-state index >= 15 is 0 Å². The third-order valence-corrected chi connectivity index (χ3v) is 3.53. The van der Waals surface area contributed by atoms with Gasteiger partial charge in [0.1, 0.15) is 0 Å². The van der Waals surface area contributed by atoms with E-state index in [0.717, 1.165) is 19.5 Å². The van der Waals surface area contributed by atoms with Gasteiger partial charge in [-0.1, -0.05) is 13.8 Å². The van der Waals surface area contributed by atoms with Crippen molar-refractivity contribution >= 4 is 5.91 Å². The van der Waals surface area contributed by atoms with E-state index in [4.69, 9.17) is 5.11 Å². The molecule has 1 fully saturated rings. The molecule has 0 saturated carbocycles. The van der Waals surface area contributed by atoms with Crippen molar-refractivity contribution < 1.29 is 9.90 Å². The van der Waals surface area contributed by atoms with E-state index in [9.17, 15) is 4.79 Å². The quantitative estimate of drug-likeness (QED) is 0.621. The summed E-state index contributed by atoms with van der Waals surface area (Å²) >= 11 is 0. The van der Waals surface area contributed by atoms with Gasteiger partial charge in [0.15, 0.2) is 0 Å². The highest BCUT2D eigenvalue weighted by molar-refractivity contribution is 5.76. The Hall–Kier alpha value is -0.610. The molecule has 0 aliphatic carbocycles. The van der Waals surface area contributed by atoms with Gasteiger partial charge in [-0.2, -0.15) is 0 Å². The second-order valence-electron chi connectivity index (χ2n) is 5.33. The van der Waals surface area contributed by atoms with Crippen LogP contribution in [0.15, 0.2) is 0 Å². The van der Waals surface area contributed by atoms with Crippen LogP contribution in [0, 0.1) is 11.8 Å². The predicted molar refractivity (Wildman–Crippen MR) is 68.7 cm³/mol. The number of amides is 1. The van der Waals surface area contributed by atoms with Gasteiger partial charge >= 0.3 is 0 Å². The Kier molecular flexibility index (Phi) is 6.52. The Bertz CT molecular complexity index is 225. The molecule has 1 rings (SSSR count). The van der Waals surface area contributed by atoms with Gasteiger partial charge < -0.3 is 15.7 Å². The third kappa shape index (κ3) is 5.50. The van der Waals surface area contributed by atoms with Gasteiger partial charge in [0.2, 0.25) is 5.91 Å². The van der Waals surface area contributed by atoms with E-state index < -0.39 is 0 Å². The van der Waals surface area contributed by atoms with Crippen LogP contribution in [0.3, 0.4) is 0 Å². The zero-order chi connectivity index (χ0) is 12.7. The summed E-state index contributed by atoms with van der Waals surface area (Å²) in [6.07, 6.45) is 3.43. The average Bonchev–Trinajstić information content (AvgIpc) is 2.78. The highest BCUT2D eigenvalue weighted by atomic mass is 16.3. The summed E-state index contributed by atoms with van der Waals surface area (Å²) < 4.78 is 0. The number of aliphatic hydroxyl groups is 1. The third-order valence-electron chi connectivity index (χ3n) is 3.53. The van der Waals surface area contributed by atoms with Crippen LogP contribution < -0.4 is 10.6 Å². The molecule has 0 spiro atoms. The molecule has 0 aromatic rings. The van der Waals surface area contributed by atoms with Crippen LogP contribution in [0.1, 0.15) is 39.5 Å². The maximum absolute atomic E-state index is 11.8. The van der Waals surface area contributed by atoms with Crippen molar-refractivity contribution in [3.63, 3.8) is 0 Å². The van der Waals surface area contributed by atoms with Gasteiger partial charge in [0.25, 0.3) is 0 Å². The van der Waals surface area contributed by atoms with Crippen LogP contribution in [0.2, 0.25) is 0 Å². The van der Waals surface area contributed by atoms with Crippen molar-refractivity contribution in [3.05, 3.63) is 0 Å². The lowest BCUT2D eigenvalue weighted by Crippen LogP contribution is -2.39. The SMILES string of the molecule is CC(C)C(CCO)NC(=O)CCC1CCNC1. The number of aliphatic hydroxyl groups excluding tert-OH is 1. The normalized spacial score (nSPS) is 21.8. The number of hydrogen-bond donors (Lipinski definition) is 3. The summed E-state index contributed by atoms with van der Waals surface area (Å²) in [4.78, 5) is 11.8. The lowest BCUT2D eigenvalue weighted by Gasteiger charge is -2.21. The van der Waals surface area contributed by atoms with E-state index in [1.807, 2.05) is 0 Å². The Morgan fingerprint density at radius 3 is 2.82 bits per heavy atom. The van der Waals surface area contributed by atoms with Crippen LogP contribution in [0.4, 0.5) is 0 Å². The van der Waals surface area contributed by atoms with Gasteiger partial charge in [-0.25, -0.2) is 0 Å². The van der Waals surface area contributed by atoms with Crippen LogP contribution >= 0.6 is 0 Å². The molecule has 2 unspecified atom stereocenters. The average molecular weight is 242 g/mol. The summed E-state index contributed by atoms with van der Waals surface area (Å²) in [5.74, 6) is 1.17. The van der Waals surface area contributed by atoms with Gasteiger partial charge in [-0.3, -0.25) is 4.79 Å². The fourth-order valence-corrected chi connectivity index (χ4v) is 2.29. The molecule has 2 atom stereocenters. The van der Waals surface area contributed by atoms with Gasteiger partial charge in [0.05, 0.1) is 0 Å². The molecule has 1 aliphatic heterocycles. The summed E-state index contributed by atoms with van der Waals surface area (Å²) in [5, 5.41) is 15.3. The Balaban J connectivity index is 2.21. The molecule has 4 nitrogen and oxygen atoms in total. The molecule has 1 amide bonds. The first-order chi connectivity index (χ1) is 8.13.